The third kappa shape index (κ3) is 2.07. The standard InChI is InChI=1S/C22H30O5/c1-11-13-6-7-14-21(5)9-8-16(24)20(3,4)15(21)10-17(25)22(14,18(11)26)19(13)27-12(2)23/h13-15,17,19,25H,1,6-10H2,2-5H3/t13?,14-,15+,17?,19-,21-,22?/m0/s1. The summed E-state index contributed by atoms with van der Waals surface area (Å²) in [6, 6.07) is 0. The zero-order chi connectivity index (χ0) is 19.9. The maximum Gasteiger partial charge on any atom is 0.302 e. The highest BCUT2D eigenvalue weighted by Crippen LogP contribution is 2.71. The summed E-state index contributed by atoms with van der Waals surface area (Å²) in [7, 11) is 0. The maximum absolute atomic E-state index is 13.5. The Morgan fingerprint density at radius 2 is 1.85 bits per heavy atom. The number of aliphatic hydroxyl groups is 1. The molecule has 148 valence electrons. The van der Waals surface area contributed by atoms with Crippen LogP contribution in [0.2, 0.25) is 0 Å². The van der Waals surface area contributed by atoms with E-state index in [0.717, 1.165) is 19.3 Å². The first-order valence-corrected chi connectivity index (χ1v) is 10.1. The molecule has 0 amide bonds. The molecule has 4 aliphatic carbocycles. The Balaban J connectivity index is 1.88. The highest BCUT2D eigenvalue weighted by atomic mass is 16.5. The van der Waals surface area contributed by atoms with E-state index in [1.807, 2.05) is 13.8 Å². The zero-order valence-electron chi connectivity index (χ0n) is 16.7. The predicted octanol–water partition coefficient (Wildman–Crippen LogP) is 2.85. The summed E-state index contributed by atoms with van der Waals surface area (Å²) in [6.45, 7) is 11.5. The maximum atomic E-state index is 13.5. The van der Waals surface area contributed by atoms with E-state index < -0.39 is 29.0 Å². The van der Waals surface area contributed by atoms with Crippen molar-refractivity contribution in [3.05, 3.63) is 12.2 Å². The molecular formula is C22H30O5. The Morgan fingerprint density at radius 3 is 2.48 bits per heavy atom. The van der Waals surface area contributed by atoms with Crippen LogP contribution in [0, 0.1) is 34.0 Å². The third-order valence-electron chi connectivity index (χ3n) is 8.69. The van der Waals surface area contributed by atoms with Gasteiger partial charge in [0, 0.05) is 24.7 Å². The molecule has 0 heterocycles. The van der Waals surface area contributed by atoms with E-state index in [-0.39, 0.29) is 34.7 Å². The number of Topliss-reactive ketones (excluding diaryl/α,β-unsaturated/α-hetero) is 2. The van der Waals surface area contributed by atoms with Crippen LogP contribution < -0.4 is 0 Å². The number of carbonyl (C=O) groups excluding carboxylic acids is 3. The Bertz CT molecular complexity index is 752. The lowest BCUT2D eigenvalue weighted by Crippen LogP contribution is -2.68. The smallest absolute Gasteiger partial charge is 0.302 e. The molecule has 4 rings (SSSR count). The fourth-order valence-corrected chi connectivity index (χ4v) is 7.46. The summed E-state index contributed by atoms with van der Waals surface area (Å²) in [5.74, 6) is -0.619. The van der Waals surface area contributed by atoms with E-state index in [2.05, 4.69) is 13.5 Å². The summed E-state index contributed by atoms with van der Waals surface area (Å²) >= 11 is 0. The molecule has 0 saturated heterocycles. The average Bonchev–Trinajstić information content (AvgIpc) is 2.70. The predicted molar refractivity (Wildman–Crippen MR) is 98.6 cm³/mol. The van der Waals surface area contributed by atoms with Crippen molar-refractivity contribution in [1.82, 2.24) is 0 Å². The molecule has 0 aromatic heterocycles. The molecule has 2 bridgehead atoms. The van der Waals surface area contributed by atoms with Gasteiger partial charge in [-0.1, -0.05) is 27.4 Å². The van der Waals surface area contributed by atoms with Gasteiger partial charge in [-0.2, -0.15) is 0 Å². The van der Waals surface area contributed by atoms with Crippen LogP contribution in [0.4, 0.5) is 0 Å². The number of rotatable bonds is 1. The molecule has 1 N–H and O–H groups in total. The van der Waals surface area contributed by atoms with E-state index in [4.69, 9.17) is 4.74 Å². The van der Waals surface area contributed by atoms with Crippen molar-refractivity contribution >= 4 is 17.5 Å². The quantitative estimate of drug-likeness (QED) is 0.564. The van der Waals surface area contributed by atoms with Gasteiger partial charge < -0.3 is 9.84 Å². The molecule has 7 atom stereocenters. The van der Waals surface area contributed by atoms with E-state index in [9.17, 15) is 19.5 Å². The van der Waals surface area contributed by atoms with Gasteiger partial charge in [0.2, 0.25) is 0 Å². The molecular weight excluding hydrogens is 344 g/mol. The van der Waals surface area contributed by atoms with Crippen molar-refractivity contribution < 1.29 is 24.2 Å². The van der Waals surface area contributed by atoms with Crippen LogP contribution >= 0.6 is 0 Å². The molecule has 0 radical (unpaired) electrons. The number of ether oxygens (including phenoxy) is 1. The molecule has 4 fully saturated rings. The SMILES string of the molecule is C=C1C(=O)C23C(O)C[C@@H]4C(C)(C)C(=O)CC[C@@]4(C)[C@@H]2CCC1[C@@H]3OC(C)=O. The average molecular weight is 374 g/mol. The summed E-state index contributed by atoms with van der Waals surface area (Å²) in [5.41, 5.74) is -1.38. The fraction of sp³-hybridized carbons (Fsp3) is 0.773. The molecule has 5 nitrogen and oxygen atoms in total. The Labute approximate surface area is 160 Å². The Hall–Kier alpha value is -1.49. The fourth-order valence-electron chi connectivity index (χ4n) is 7.46. The normalized spacial score (nSPS) is 48.0. The first-order chi connectivity index (χ1) is 12.5. The van der Waals surface area contributed by atoms with Crippen molar-refractivity contribution in [2.24, 2.45) is 34.0 Å². The second-order valence-corrected chi connectivity index (χ2v) is 10.0. The van der Waals surface area contributed by atoms with E-state index >= 15 is 0 Å². The third-order valence-corrected chi connectivity index (χ3v) is 8.69. The first kappa shape index (κ1) is 18.9. The van der Waals surface area contributed by atoms with Gasteiger partial charge in [-0.15, -0.1) is 0 Å². The minimum absolute atomic E-state index is 0.00747. The van der Waals surface area contributed by atoms with Gasteiger partial charge in [-0.05, 0) is 48.5 Å². The van der Waals surface area contributed by atoms with Crippen LogP contribution in [-0.2, 0) is 19.1 Å². The summed E-state index contributed by atoms with van der Waals surface area (Å²) in [4.78, 5) is 37.9. The molecule has 0 aromatic carbocycles. The van der Waals surface area contributed by atoms with E-state index in [1.165, 1.54) is 6.92 Å². The second kappa shape index (κ2) is 5.53. The van der Waals surface area contributed by atoms with Gasteiger partial charge >= 0.3 is 5.97 Å². The number of ketones is 2. The molecule has 5 heteroatoms. The topological polar surface area (TPSA) is 80.7 Å². The number of hydrogen-bond donors (Lipinski definition) is 1. The van der Waals surface area contributed by atoms with Gasteiger partial charge in [0.1, 0.15) is 11.9 Å². The van der Waals surface area contributed by atoms with Crippen LogP contribution in [-0.4, -0.2) is 34.9 Å². The van der Waals surface area contributed by atoms with Gasteiger partial charge in [0.15, 0.2) is 5.78 Å². The Morgan fingerprint density at radius 1 is 1.19 bits per heavy atom. The summed E-state index contributed by atoms with van der Waals surface area (Å²) in [5, 5.41) is 11.4. The number of fused-ring (bicyclic) bond motifs is 3. The molecule has 0 aromatic rings. The molecule has 27 heavy (non-hydrogen) atoms. The van der Waals surface area contributed by atoms with Crippen LogP contribution in [0.15, 0.2) is 12.2 Å². The summed E-state index contributed by atoms with van der Waals surface area (Å²) < 4.78 is 5.70. The zero-order valence-corrected chi connectivity index (χ0v) is 16.7. The van der Waals surface area contributed by atoms with Crippen molar-refractivity contribution in [3.8, 4) is 0 Å². The van der Waals surface area contributed by atoms with Crippen LogP contribution in [0.25, 0.3) is 0 Å². The van der Waals surface area contributed by atoms with Gasteiger partial charge in [0.25, 0.3) is 0 Å². The van der Waals surface area contributed by atoms with Crippen LogP contribution in [0.1, 0.15) is 59.8 Å². The monoisotopic (exact) mass is 374 g/mol. The number of carbonyl (C=O) groups is 3. The van der Waals surface area contributed by atoms with Gasteiger partial charge in [-0.25, -0.2) is 0 Å². The summed E-state index contributed by atoms with van der Waals surface area (Å²) in [6.07, 6.45) is 1.57. The molecule has 3 unspecified atom stereocenters. The van der Waals surface area contributed by atoms with Crippen LogP contribution in [0.3, 0.4) is 0 Å². The lowest BCUT2D eigenvalue weighted by molar-refractivity contribution is -0.229. The van der Waals surface area contributed by atoms with Gasteiger partial charge in [-0.3, -0.25) is 14.4 Å². The van der Waals surface area contributed by atoms with Gasteiger partial charge in [0.05, 0.1) is 11.5 Å². The number of esters is 1. The molecule has 4 saturated carbocycles. The van der Waals surface area contributed by atoms with E-state index in [0.29, 0.717) is 18.4 Å². The minimum atomic E-state index is -1.10. The first-order valence-electron chi connectivity index (χ1n) is 10.1. The van der Waals surface area contributed by atoms with Crippen LogP contribution in [0.5, 0.6) is 0 Å². The second-order valence-electron chi connectivity index (χ2n) is 10.0. The van der Waals surface area contributed by atoms with E-state index in [1.54, 1.807) is 0 Å². The lowest BCUT2D eigenvalue weighted by Gasteiger charge is -2.64. The van der Waals surface area contributed by atoms with Crippen molar-refractivity contribution in [2.45, 2.75) is 72.0 Å². The number of hydrogen-bond acceptors (Lipinski definition) is 5. The van der Waals surface area contributed by atoms with Crippen molar-refractivity contribution in [3.63, 3.8) is 0 Å². The highest BCUT2D eigenvalue weighted by Gasteiger charge is 2.75. The minimum Gasteiger partial charge on any atom is -0.461 e. The lowest BCUT2D eigenvalue weighted by atomic mass is 9.39. The molecule has 4 aliphatic rings. The highest BCUT2D eigenvalue weighted by molar-refractivity contribution is 6.05. The van der Waals surface area contributed by atoms with Crippen molar-refractivity contribution in [2.75, 3.05) is 0 Å². The molecule has 1 spiro atoms. The number of aliphatic hydroxyl groups excluding tert-OH is 1. The van der Waals surface area contributed by atoms with Crippen molar-refractivity contribution in [1.29, 1.82) is 0 Å². The largest absolute Gasteiger partial charge is 0.461 e. The molecule has 0 aliphatic heterocycles. The Kier molecular flexibility index (Phi) is 3.86.